The van der Waals surface area contributed by atoms with Gasteiger partial charge in [-0.15, -0.1) is 0 Å². The lowest BCUT2D eigenvalue weighted by atomic mass is 9.86. The van der Waals surface area contributed by atoms with Crippen LogP contribution in [0.5, 0.6) is 0 Å². The van der Waals surface area contributed by atoms with Gasteiger partial charge in [-0.05, 0) is 42.9 Å². The van der Waals surface area contributed by atoms with Crippen molar-refractivity contribution < 1.29 is 0 Å². The Bertz CT molecular complexity index is 162. The molecule has 0 nitrogen and oxygen atoms in total. The van der Waals surface area contributed by atoms with E-state index in [-0.39, 0.29) is 0 Å². The van der Waals surface area contributed by atoms with E-state index in [9.17, 15) is 0 Å². The molecule has 0 aromatic rings. The minimum atomic E-state index is 1.01. The molecule has 0 N–H and O–H groups in total. The zero-order valence-electron chi connectivity index (χ0n) is 6.29. The van der Waals surface area contributed by atoms with Crippen LogP contribution in [0.3, 0.4) is 0 Å². The smallest absolute Gasteiger partial charge is 0.0196 e. The molecule has 0 aliphatic heterocycles. The van der Waals surface area contributed by atoms with E-state index in [0.29, 0.717) is 0 Å². The largest absolute Gasteiger partial charge is 0.0848 e. The standard InChI is InChI=1S/C10H14/c1-2-9-7-4-5-8(6-7)10(9)3-1/h4-5,7-10H,1-3,6H2/t7-,8+,9?,10?. The highest BCUT2D eigenvalue weighted by Crippen LogP contribution is 2.55. The van der Waals surface area contributed by atoms with Crippen molar-refractivity contribution >= 4 is 0 Å². The van der Waals surface area contributed by atoms with Crippen molar-refractivity contribution in [2.75, 3.05) is 0 Å². The Hall–Kier alpha value is -0.260. The van der Waals surface area contributed by atoms with Crippen molar-refractivity contribution in [3.63, 3.8) is 0 Å². The number of fused-ring (bicyclic) bond motifs is 5. The second-order valence-corrected chi connectivity index (χ2v) is 4.21. The molecule has 0 aromatic heterocycles. The molecule has 0 radical (unpaired) electrons. The molecule has 2 fully saturated rings. The lowest BCUT2D eigenvalue weighted by Crippen LogP contribution is -2.12. The minimum Gasteiger partial charge on any atom is -0.0848 e. The Morgan fingerprint density at radius 3 is 2.10 bits per heavy atom. The number of rotatable bonds is 0. The van der Waals surface area contributed by atoms with E-state index >= 15 is 0 Å². The van der Waals surface area contributed by atoms with Crippen LogP contribution in [0.2, 0.25) is 0 Å². The first kappa shape index (κ1) is 5.40. The van der Waals surface area contributed by atoms with Crippen molar-refractivity contribution in [1.82, 2.24) is 0 Å². The van der Waals surface area contributed by atoms with Gasteiger partial charge >= 0.3 is 0 Å². The van der Waals surface area contributed by atoms with Gasteiger partial charge in [0.1, 0.15) is 0 Å². The van der Waals surface area contributed by atoms with Crippen LogP contribution in [-0.4, -0.2) is 0 Å². The molecule has 2 unspecified atom stereocenters. The number of hydrogen-bond donors (Lipinski definition) is 0. The maximum Gasteiger partial charge on any atom is -0.0196 e. The molecule has 2 saturated carbocycles. The molecule has 0 heterocycles. The molecule has 2 bridgehead atoms. The van der Waals surface area contributed by atoms with Gasteiger partial charge < -0.3 is 0 Å². The average Bonchev–Trinajstić information content (AvgIpc) is 2.60. The highest BCUT2D eigenvalue weighted by Gasteiger charge is 2.46. The summed E-state index contributed by atoms with van der Waals surface area (Å²) in [6.45, 7) is 0. The predicted octanol–water partition coefficient (Wildman–Crippen LogP) is 2.61. The Labute approximate surface area is 62.3 Å². The van der Waals surface area contributed by atoms with Gasteiger partial charge in [-0.2, -0.15) is 0 Å². The van der Waals surface area contributed by atoms with Crippen molar-refractivity contribution in [3.8, 4) is 0 Å². The van der Waals surface area contributed by atoms with Gasteiger partial charge in [0.2, 0.25) is 0 Å². The van der Waals surface area contributed by atoms with Crippen LogP contribution in [0.4, 0.5) is 0 Å². The molecular weight excluding hydrogens is 120 g/mol. The van der Waals surface area contributed by atoms with Crippen LogP contribution in [0, 0.1) is 23.7 Å². The Morgan fingerprint density at radius 1 is 0.900 bits per heavy atom. The summed E-state index contributed by atoms with van der Waals surface area (Å²) >= 11 is 0. The molecule has 10 heavy (non-hydrogen) atoms. The summed E-state index contributed by atoms with van der Waals surface area (Å²) in [4.78, 5) is 0. The molecule has 4 atom stereocenters. The molecule has 3 rings (SSSR count). The van der Waals surface area contributed by atoms with E-state index < -0.39 is 0 Å². The van der Waals surface area contributed by atoms with Gasteiger partial charge in [0.05, 0.1) is 0 Å². The van der Waals surface area contributed by atoms with E-state index in [0.717, 1.165) is 23.7 Å². The Kier molecular flexibility index (Phi) is 0.898. The normalized spacial score (nSPS) is 56.0. The fourth-order valence-electron chi connectivity index (χ4n) is 3.47. The summed E-state index contributed by atoms with van der Waals surface area (Å²) in [7, 11) is 0. The Morgan fingerprint density at radius 2 is 1.50 bits per heavy atom. The van der Waals surface area contributed by atoms with Gasteiger partial charge in [-0.25, -0.2) is 0 Å². The van der Waals surface area contributed by atoms with Crippen LogP contribution >= 0.6 is 0 Å². The van der Waals surface area contributed by atoms with Gasteiger partial charge in [0.25, 0.3) is 0 Å². The van der Waals surface area contributed by atoms with E-state index in [1.807, 2.05) is 0 Å². The van der Waals surface area contributed by atoms with E-state index in [2.05, 4.69) is 12.2 Å². The molecule has 0 spiro atoms. The van der Waals surface area contributed by atoms with Gasteiger partial charge in [-0.3, -0.25) is 0 Å². The molecule has 3 aliphatic rings. The lowest BCUT2D eigenvalue weighted by Gasteiger charge is -2.19. The van der Waals surface area contributed by atoms with Crippen molar-refractivity contribution in [1.29, 1.82) is 0 Å². The fourth-order valence-corrected chi connectivity index (χ4v) is 3.47. The molecule has 3 aliphatic carbocycles. The highest BCUT2D eigenvalue weighted by molar-refractivity contribution is 5.14. The van der Waals surface area contributed by atoms with Crippen LogP contribution in [0.1, 0.15) is 25.7 Å². The zero-order chi connectivity index (χ0) is 6.55. The molecule has 0 heteroatoms. The maximum atomic E-state index is 2.48. The summed E-state index contributed by atoms with van der Waals surface area (Å²) in [5, 5.41) is 0. The van der Waals surface area contributed by atoms with E-state index in [1.165, 1.54) is 25.7 Å². The van der Waals surface area contributed by atoms with Crippen molar-refractivity contribution in [2.45, 2.75) is 25.7 Å². The Balaban J connectivity index is 1.99. The summed E-state index contributed by atoms with van der Waals surface area (Å²) in [5.41, 5.74) is 0. The molecule has 0 saturated heterocycles. The van der Waals surface area contributed by atoms with Crippen LogP contribution in [0.25, 0.3) is 0 Å². The summed E-state index contributed by atoms with van der Waals surface area (Å²) in [5.74, 6) is 4.26. The second-order valence-electron chi connectivity index (χ2n) is 4.21. The summed E-state index contributed by atoms with van der Waals surface area (Å²) in [6.07, 6.45) is 11.1. The highest BCUT2D eigenvalue weighted by atomic mass is 14.5. The van der Waals surface area contributed by atoms with Gasteiger partial charge in [0.15, 0.2) is 0 Å². The zero-order valence-corrected chi connectivity index (χ0v) is 6.29. The third-order valence-corrected chi connectivity index (χ3v) is 3.87. The molecule has 0 amide bonds. The van der Waals surface area contributed by atoms with Crippen LogP contribution < -0.4 is 0 Å². The SMILES string of the molecule is C1=C[C@H]2C[C@@H]1C1CCCC12. The topological polar surface area (TPSA) is 0 Å². The molecular formula is C10H14. The average molecular weight is 134 g/mol. The summed E-state index contributed by atoms with van der Waals surface area (Å²) in [6, 6.07) is 0. The lowest BCUT2D eigenvalue weighted by molar-refractivity contribution is 0.364. The van der Waals surface area contributed by atoms with E-state index in [4.69, 9.17) is 0 Å². The third kappa shape index (κ3) is 0.492. The van der Waals surface area contributed by atoms with Crippen molar-refractivity contribution in [3.05, 3.63) is 12.2 Å². The van der Waals surface area contributed by atoms with Crippen molar-refractivity contribution in [2.24, 2.45) is 23.7 Å². The number of hydrogen-bond acceptors (Lipinski definition) is 0. The molecule has 54 valence electrons. The first-order chi connectivity index (χ1) is 4.95. The fraction of sp³-hybridized carbons (Fsp3) is 0.800. The first-order valence-corrected chi connectivity index (χ1v) is 4.63. The predicted molar refractivity (Wildman–Crippen MR) is 41.6 cm³/mol. The van der Waals surface area contributed by atoms with E-state index in [1.54, 1.807) is 0 Å². The summed E-state index contributed by atoms with van der Waals surface area (Å²) < 4.78 is 0. The number of allylic oxidation sites excluding steroid dienone is 2. The third-order valence-electron chi connectivity index (χ3n) is 3.87. The van der Waals surface area contributed by atoms with Gasteiger partial charge in [-0.1, -0.05) is 18.6 Å². The van der Waals surface area contributed by atoms with Gasteiger partial charge in [0, 0.05) is 0 Å². The maximum absolute atomic E-state index is 2.48. The second kappa shape index (κ2) is 1.66. The van der Waals surface area contributed by atoms with Crippen LogP contribution in [0.15, 0.2) is 12.2 Å². The molecule has 0 aromatic carbocycles. The monoisotopic (exact) mass is 134 g/mol. The minimum absolute atomic E-state index is 1.01. The van der Waals surface area contributed by atoms with Crippen LogP contribution in [-0.2, 0) is 0 Å². The first-order valence-electron chi connectivity index (χ1n) is 4.63. The quantitative estimate of drug-likeness (QED) is 0.447.